The van der Waals surface area contributed by atoms with Gasteiger partial charge >= 0.3 is 12.1 Å². The number of halogens is 2. The molecule has 7 heteroatoms. The molecular weight excluding hydrogens is 410 g/mol. The van der Waals surface area contributed by atoms with Gasteiger partial charge in [-0.1, -0.05) is 45.0 Å². The average Bonchev–Trinajstić information content (AvgIpc) is 2.64. The molecule has 1 aromatic carbocycles. The number of hydrogen-bond acceptors (Lipinski definition) is 5. The minimum absolute atomic E-state index is 0.00776. The van der Waals surface area contributed by atoms with Gasteiger partial charge < -0.3 is 4.74 Å². The highest BCUT2D eigenvalue weighted by Gasteiger charge is 2.59. The third-order valence-electron chi connectivity index (χ3n) is 7.43. The van der Waals surface area contributed by atoms with E-state index in [0.29, 0.717) is 11.8 Å². The minimum atomic E-state index is -4.16. The van der Waals surface area contributed by atoms with E-state index in [1.807, 2.05) is 0 Å². The fourth-order valence-corrected chi connectivity index (χ4v) is 6.76. The van der Waals surface area contributed by atoms with Crippen LogP contribution in [-0.4, -0.2) is 18.7 Å². The van der Waals surface area contributed by atoms with Gasteiger partial charge in [-0.05, 0) is 72.3 Å². The summed E-state index contributed by atoms with van der Waals surface area (Å²) in [6.45, 7) is 6.60. The molecule has 0 heterocycles. The van der Waals surface area contributed by atoms with Crippen molar-refractivity contribution in [2.75, 3.05) is 6.61 Å². The number of thiol groups is 1. The van der Waals surface area contributed by atoms with Gasteiger partial charge in [0.05, 0.1) is 6.61 Å². The zero-order valence-corrected chi connectivity index (χ0v) is 18.6. The molecule has 0 radical (unpaired) electrons. The van der Waals surface area contributed by atoms with E-state index in [1.165, 1.54) is 17.5 Å². The van der Waals surface area contributed by atoms with E-state index in [4.69, 9.17) is 4.74 Å². The van der Waals surface area contributed by atoms with E-state index in [0.717, 1.165) is 32.1 Å². The lowest BCUT2D eigenvalue weighted by Gasteiger charge is -2.62. The maximum absolute atomic E-state index is 13.6. The maximum Gasteiger partial charge on any atom is 0.483 e. The van der Waals surface area contributed by atoms with Gasteiger partial charge in [0.25, 0.3) is 0 Å². The molecule has 4 fully saturated rings. The molecule has 0 aromatic heterocycles. The Balaban J connectivity index is 1.54. The van der Waals surface area contributed by atoms with Crippen LogP contribution in [0.3, 0.4) is 0 Å². The lowest BCUT2D eigenvalue weighted by atomic mass is 9.43. The fraction of sp³-hybridized carbons (Fsp3) is 0.696. The predicted octanol–water partition coefficient (Wildman–Crippen LogP) is 5.75. The smallest absolute Gasteiger partial charge is 0.459 e. The SMILES string of the molecule is CC(C)(C)c1ccc(C23CC4CC(CC(COC(=O)C(F)(F)OOS)(C4)C2)C3)cc1. The summed E-state index contributed by atoms with van der Waals surface area (Å²) in [6.07, 6.45) is 1.99. The molecule has 1 aromatic rings. The van der Waals surface area contributed by atoms with E-state index in [1.54, 1.807) is 0 Å². The van der Waals surface area contributed by atoms with E-state index in [-0.39, 0.29) is 22.9 Å². The van der Waals surface area contributed by atoms with Crippen molar-refractivity contribution < 1.29 is 27.5 Å². The molecule has 5 rings (SSSR count). The van der Waals surface area contributed by atoms with Crippen LogP contribution in [0.5, 0.6) is 0 Å². The molecule has 0 N–H and O–H groups in total. The highest BCUT2D eigenvalue weighted by Crippen LogP contribution is 2.65. The van der Waals surface area contributed by atoms with Gasteiger partial charge in [0, 0.05) is 18.3 Å². The number of rotatable bonds is 6. The van der Waals surface area contributed by atoms with Gasteiger partial charge in [0.1, 0.15) is 0 Å². The van der Waals surface area contributed by atoms with E-state index in [9.17, 15) is 13.6 Å². The van der Waals surface area contributed by atoms with Gasteiger partial charge in [0.2, 0.25) is 0 Å². The summed E-state index contributed by atoms with van der Waals surface area (Å²) in [7, 11) is 0. The number of carbonyl (C=O) groups is 1. The van der Waals surface area contributed by atoms with Crippen LogP contribution in [-0.2, 0) is 29.6 Å². The molecule has 30 heavy (non-hydrogen) atoms. The second kappa shape index (κ2) is 7.45. The van der Waals surface area contributed by atoms with Crippen LogP contribution in [0.4, 0.5) is 8.78 Å². The number of hydrogen-bond donors (Lipinski definition) is 1. The lowest BCUT2D eigenvalue weighted by Crippen LogP contribution is -2.56. The number of esters is 1. The van der Waals surface area contributed by atoms with Gasteiger partial charge in [-0.25, -0.2) is 4.79 Å². The Morgan fingerprint density at radius 3 is 2.23 bits per heavy atom. The second-order valence-corrected chi connectivity index (χ2v) is 11.0. The summed E-state index contributed by atoms with van der Waals surface area (Å²) in [6, 6.07) is 8.94. The van der Waals surface area contributed by atoms with Crippen LogP contribution >= 0.6 is 12.9 Å². The molecule has 2 atom stereocenters. The normalized spacial score (nSPS) is 33.0. The van der Waals surface area contributed by atoms with Crippen molar-refractivity contribution in [1.82, 2.24) is 0 Å². The molecular formula is C23H30F2O4S. The Bertz CT molecular complexity index is 788. The highest BCUT2D eigenvalue weighted by atomic mass is 32.1. The summed E-state index contributed by atoms with van der Waals surface area (Å²) in [4.78, 5) is 15.5. The number of benzene rings is 1. The van der Waals surface area contributed by atoms with Crippen molar-refractivity contribution in [1.29, 1.82) is 0 Å². The fourth-order valence-electron chi connectivity index (χ4n) is 6.67. The third kappa shape index (κ3) is 4.00. The van der Waals surface area contributed by atoms with Gasteiger partial charge in [-0.3, -0.25) is 0 Å². The first-order valence-electron chi connectivity index (χ1n) is 10.6. The summed E-state index contributed by atoms with van der Waals surface area (Å²) in [5, 5.41) is 0. The molecule has 4 aliphatic carbocycles. The molecule has 4 bridgehead atoms. The number of alkyl halides is 2. The van der Waals surface area contributed by atoms with Crippen LogP contribution in [0.1, 0.15) is 70.4 Å². The Hall–Kier alpha value is -1.18. The second-order valence-electron chi connectivity index (χ2n) is 10.8. The molecule has 0 saturated heterocycles. The average molecular weight is 441 g/mol. The largest absolute Gasteiger partial charge is 0.483 e. The standard InChI is InChI=1S/C23H30F2O4S/c1-20(2,3)17-4-6-18(7-5-17)22-11-15-8-16(12-22)10-21(9-15,13-22)14-27-19(26)23(24,25)28-29-30/h4-7,15-16,30H,8-14H2,1-3H3. The van der Waals surface area contributed by atoms with Crippen LogP contribution in [0.15, 0.2) is 24.3 Å². The van der Waals surface area contributed by atoms with Crippen molar-refractivity contribution in [3.8, 4) is 0 Å². The Kier molecular flexibility index (Phi) is 5.47. The van der Waals surface area contributed by atoms with Crippen molar-refractivity contribution in [3.05, 3.63) is 35.4 Å². The molecule has 4 aliphatic rings. The number of ether oxygens (including phenoxy) is 1. The summed E-state index contributed by atoms with van der Waals surface area (Å²) in [5.41, 5.74) is 2.52. The first-order valence-corrected chi connectivity index (χ1v) is 11.0. The van der Waals surface area contributed by atoms with E-state index >= 15 is 0 Å². The molecule has 2 unspecified atom stereocenters. The van der Waals surface area contributed by atoms with Crippen LogP contribution in [0.25, 0.3) is 0 Å². The monoisotopic (exact) mass is 440 g/mol. The lowest BCUT2D eigenvalue weighted by molar-refractivity contribution is -0.369. The molecule has 0 spiro atoms. The van der Waals surface area contributed by atoms with Crippen molar-refractivity contribution in [2.45, 2.75) is 76.2 Å². The molecule has 0 aliphatic heterocycles. The van der Waals surface area contributed by atoms with E-state index in [2.05, 4.69) is 67.2 Å². The van der Waals surface area contributed by atoms with Crippen molar-refractivity contribution >= 4 is 18.9 Å². The predicted molar refractivity (Wildman–Crippen MR) is 111 cm³/mol. The van der Waals surface area contributed by atoms with Gasteiger partial charge in [-0.15, -0.1) is 4.89 Å². The van der Waals surface area contributed by atoms with Crippen LogP contribution in [0.2, 0.25) is 0 Å². The van der Waals surface area contributed by atoms with Crippen molar-refractivity contribution in [2.24, 2.45) is 17.3 Å². The Morgan fingerprint density at radius 1 is 1.10 bits per heavy atom. The molecule has 166 valence electrons. The maximum atomic E-state index is 13.6. The molecule has 4 nitrogen and oxygen atoms in total. The van der Waals surface area contributed by atoms with Gasteiger partial charge in [0.15, 0.2) is 0 Å². The first-order chi connectivity index (χ1) is 14.0. The zero-order valence-electron chi connectivity index (χ0n) is 17.7. The Morgan fingerprint density at radius 2 is 1.70 bits per heavy atom. The minimum Gasteiger partial charge on any atom is -0.459 e. The van der Waals surface area contributed by atoms with Crippen LogP contribution in [0, 0.1) is 17.3 Å². The van der Waals surface area contributed by atoms with Gasteiger partial charge in [-0.2, -0.15) is 13.1 Å². The molecule has 0 amide bonds. The quantitative estimate of drug-likeness (QED) is 0.201. The summed E-state index contributed by atoms with van der Waals surface area (Å²) < 4.78 is 35.9. The highest BCUT2D eigenvalue weighted by molar-refractivity contribution is 7.74. The molecule has 4 saturated carbocycles. The summed E-state index contributed by atoms with van der Waals surface area (Å²) in [5.74, 6) is -0.634. The van der Waals surface area contributed by atoms with Crippen molar-refractivity contribution in [3.63, 3.8) is 0 Å². The third-order valence-corrected chi connectivity index (χ3v) is 7.51. The number of carbonyl (C=O) groups excluding carboxylic acids is 1. The topological polar surface area (TPSA) is 44.8 Å². The van der Waals surface area contributed by atoms with Crippen LogP contribution < -0.4 is 0 Å². The van der Waals surface area contributed by atoms with E-state index < -0.39 is 12.1 Å². The Labute approximate surface area is 182 Å². The zero-order chi connectivity index (χ0) is 21.8. The first kappa shape index (κ1) is 22.0. The summed E-state index contributed by atoms with van der Waals surface area (Å²) >= 11 is 3.12.